The zero-order chi connectivity index (χ0) is 20.1. The Labute approximate surface area is 163 Å². The summed E-state index contributed by atoms with van der Waals surface area (Å²) >= 11 is 0. The van der Waals surface area contributed by atoms with Crippen LogP contribution in [0.3, 0.4) is 0 Å². The number of hydrogen-bond acceptors (Lipinski definition) is 4. The van der Waals surface area contributed by atoms with E-state index in [1.807, 2.05) is 44.2 Å². The van der Waals surface area contributed by atoms with Gasteiger partial charge in [-0.1, -0.05) is 25.1 Å². The first kappa shape index (κ1) is 19.4. The molecule has 2 N–H and O–H groups in total. The quantitative estimate of drug-likeness (QED) is 0.660. The topological polar surface area (TPSA) is 84.7 Å². The van der Waals surface area contributed by atoms with Crippen molar-refractivity contribution in [2.45, 2.75) is 32.9 Å². The van der Waals surface area contributed by atoms with Gasteiger partial charge in [0.2, 0.25) is 5.82 Å². The van der Waals surface area contributed by atoms with Gasteiger partial charge in [0.05, 0.1) is 12.6 Å². The number of ether oxygens (including phenoxy) is 1. The second-order valence-electron chi connectivity index (χ2n) is 6.55. The fourth-order valence-corrected chi connectivity index (χ4v) is 2.76. The minimum Gasteiger partial charge on any atom is -0.497 e. The number of methoxy groups -OCH3 is 1. The molecule has 0 fully saturated rings. The molecular formula is C21H24N4O3. The van der Waals surface area contributed by atoms with Crippen LogP contribution in [-0.4, -0.2) is 34.4 Å². The number of pyridine rings is 1. The molecule has 1 aromatic carbocycles. The summed E-state index contributed by atoms with van der Waals surface area (Å²) in [4.78, 5) is 29.6. The molecule has 3 aromatic rings. The molecule has 0 spiro atoms. The second kappa shape index (κ2) is 8.56. The van der Waals surface area contributed by atoms with Crippen LogP contribution < -0.4 is 15.4 Å². The molecule has 28 heavy (non-hydrogen) atoms. The van der Waals surface area contributed by atoms with Crippen molar-refractivity contribution in [2.24, 2.45) is 0 Å². The number of aromatic nitrogens is 2. The lowest BCUT2D eigenvalue weighted by molar-refractivity contribution is 0.0928. The van der Waals surface area contributed by atoms with E-state index in [-0.39, 0.29) is 29.4 Å². The van der Waals surface area contributed by atoms with Crippen LogP contribution in [0.5, 0.6) is 5.75 Å². The monoisotopic (exact) mass is 380 g/mol. The number of rotatable bonds is 7. The molecule has 3 rings (SSSR count). The average Bonchev–Trinajstić information content (AvgIpc) is 3.12. The predicted octanol–water partition coefficient (Wildman–Crippen LogP) is 2.80. The fraction of sp³-hybridized carbons (Fsp3) is 0.286. The third-order valence-corrected chi connectivity index (χ3v) is 4.57. The smallest absolute Gasteiger partial charge is 0.287 e. The van der Waals surface area contributed by atoms with Gasteiger partial charge < -0.3 is 15.4 Å². The zero-order valence-corrected chi connectivity index (χ0v) is 16.2. The maximum absolute atomic E-state index is 12.7. The largest absolute Gasteiger partial charge is 0.497 e. The highest BCUT2D eigenvalue weighted by atomic mass is 16.5. The summed E-state index contributed by atoms with van der Waals surface area (Å²) in [6.07, 6.45) is 2.54. The highest BCUT2D eigenvalue weighted by molar-refractivity contribution is 6.02. The third-order valence-electron chi connectivity index (χ3n) is 4.57. The van der Waals surface area contributed by atoms with E-state index in [2.05, 4.69) is 15.6 Å². The van der Waals surface area contributed by atoms with Gasteiger partial charge in [0.25, 0.3) is 11.8 Å². The Morgan fingerprint density at radius 2 is 1.89 bits per heavy atom. The van der Waals surface area contributed by atoms with Crippen molar-refractivity contribution < 1.29 is 14.3 Å². The predicted molar refractivity (Wildman–Crippen MR) is 107 cm³/mol. The summed E-state index contributed by atoms with van der Waals surface area (Å²) in [7, 11) is 1.61. The normalized spacial score (nSPS) is 11.8. The van der Waals surface area contributed by atoms with E-state index in [4.69, 9.17) is 4.74 Å². The minimum absolute atomic E-state index is 0.0240. The molecule has 0 saturated carbocycles. The van der Waals surface area contributed by atoms with Gasteiger partial charge in [-0.25, -0.2) is 4.98 Å². The van der Waals surface area contributed by atoms with Gasteiger partial charge in [-0.05, 0) is 43.2 Å². The highest BCUT2D eigenvalue weighted by Crippen LogP contribution is 2.15. The molecule has 0 aliphatic carbocycles. The van der Waals surface area contributed by atoms with Crippen molar-refractivity contribution in [3.8, 4) is 5.75 Å². The average molecular weight is 380 g/mol. The van der Waals surface area contributed by atoms with Crippen molar-refractivity contribution in [3.05, 3.63) is 65.7 Å². The van der Waals surface area contributed by atoms with Crippen LogP contribution in [-0.2, 0) is 6.54 Å². The number of carbonyl (C=O) groups excluding carboxylic acids is 2. The summed E-state index contributed by atoms with van der Waals surface area (Å²) in [6.45, 7) is 4.27. The molecule has 146 valence electrons. The summed E-state index contributed by atoms with van der Waals surface area (Å²) in [5, 5.41) is 5.75. The Kier molecular flexibility index (Phi) is 5.93. The van der Waals surface area contributed by atoms with E-state index >= 15 is 0 Å². The van der Waals surface area contributed by atoms with Crippen LogP contribution in [0.15, 0.2) is 48.7 Å². The van der Waals surface area contributed by atoms with E-state index in [0.717, 1.165) is 17.7 Å². The van der Waals surface area contributed by atoms with E-state index in [9.17, 15) is 9.59 Å². The van der Waals surface area contributed by atoms with Gasteiger partial charge >= 0.3 is 0 Å². The van der Waals surface area contributed by atoms with Gasteiger partial charge in [0, 0.05) is 18.8 Å². The molecule has 0 radical (unpaired) electrons. The van der Waals surface area contributed by atoms with Crippen LogP contribution in [0.2, 0.25) is 0 Å². The lowest BCUT2D eigenvalue weighted by Gasteiger charge is -2.10. The third kappa shape index (κ3) is 4.14. The number of amides is 2. The first-order valence-electron chi connectivity index (χ1n) is 9.22. The van der Waals surface area contributed by atoms with E-state index in [1.165, 1.54) is 0 Å². The molecule has 2 aromatic heterocycles. The SMILES string of the molecule is CCC(C)NC(=O)c1nc(C(=O)NCc2ccc(OC)cc2)c2ccccn12. The van der Waals surface area contributed by atoms with Crippen LogP contribution in [0.4, 0.5) is 0 Å². The van der Waals surface area contributed by atoms with Crippen LogP contribution in [0.1, 0.15) is 46.9 Å². The molecule has 0 saturated heterocycles. The maximum atomic E-state index is 12.7. The molecule has 0 bridgehead atoms. The Morgan fingerprint density at radius 3 is 2.57 bits per heavy atom. The Balaban J connectivity index is 1.81. The van der Waals surface area contributed by atoms with E-state index < -0.39 is 0 Å². The lowest BCUT2D eigenvalue weighted by atomic mass is 10.2. The number of benzene rings is 1. The van der Waals surface area contributed by atoms with E-state index in [1.54, 1.807) is 29.8 Å². The number of nitrogens with zero attached hydrogens (tertiary/aromatic N) is 2. The summed E-state index contributed by atoms with van der Waals surface area (Å²) in [6, 6.07) is 12.9. The molecule has 0 aliphatic heterocycles. The van der Waals surface area contributed by atoms with Crippen molar-refractivity contribution in [1.82, 2.24) is 20.0 Å². The summed E-state index contributed by atoms with van der Waals surface area (Å²) in [5.74, 6) is 0.324. The molecular weight excluding hydrogens is 356 g/mol. The number of nitrogens with one attached hydrogen (secondary N) is 2. The molecule has 7 nitrogen and oxygen atoms in total. The van der Waals surface area contributed by atoms with Crippen molar-refractivity contribution in [3.63, 3.8) is 0 Å². The molecule has 2 amide bonds. The van der Waals surface area contributed by atoms with Gasteiger partial charge in [0.15, 0.2) is 5.69 Å². The molecule has 2 heterocycles. The van der Waals surface area contributed by atoms with Crippen molar-refractivity contribution in [2.75, 3.05) is 7.11 Å². The van der Waals surface area contributed by atoms with Crippen LogP contribution in [0.25, 0.3) is 5.52 Å². The van der Waals surface area contributed by atoms with Gasteiger partial charge in [0.1, 0.15) is 5.75 Å². The maximum Gasteiger partial charge on any atom is 0.287 e. The first-order valence-corrected chi connectivity index (χ1v) is 9.22. The molecule has 0 aliphatic rings. The van der Waals surface area contributed by atoms with Gasteiger partial charge in [-0.3, -0.25) is 14.0 Å². The Hall–Kier alpha value is -3.35. The second-order valence-corrected chi connectivity index (χ2v) is 6.55. The van der Waals surface area contributed by atoms with Crippen molar-refractivity contribution in [1.29, 1.82) is 0 Å². The van der Waals surface area contributed by atoms with Gasteiger partial charge in [-0.15, -0.1) is 0 Å². The standard InChI is InChI=1S/C21H24N4O3/c1-4-14(2)23-21(27)19-24-18(17-7-5-6-12-25(17)19)20(26)22-13-15-8-10-16(28-3)11-9-15/h5-12,14H,4,13H2,1-3H3,(H,22,26)(H,23,27). The first-order chi connectivity index (χ1) is 13.5. The van der Waals surface area contributed by atoms with Crippen molar-refractivity contribution >= 4 is 17.3 Å². The Bertz CT molecular complexity index is 979. The number of carbonyl (C=O) groups is 2. The number of hydrogen-bond donors (Lipinski definition) is 2. The summed E-state index contributed by atoms with van der Waals surface area (Å²) < 4.78 is 6.77. The fourth-order valence-electron chi connectivity index (χ4n) is 2.76. The van der Waals surface area contributed by atoms with E-state index in [0.29, 0.717) is 12.1 Å². The lowest BCUT2D eigenvalue weighted by Crippen LogP contribution is -2.33. The van der Waals surface area contributed by atoms with Gasteiger partial charge in [-0.2, -0.15) is 0 Å². The Morgan fingerprint density at radius 1 is 1.14 bits per heavy atom. The molecule has 7 heteroatoms. The van der Waals surface area contributed by atoms with Crippen LogP contribution >= 0.6 is 0 Å². The zero-order valence-electron chi connectivity index (χ0n) is 16.2. The van der Waals surface area contributed by atoms with Crippen LogP contribution in [0, 0.1) is 0 Å². The number of fused-ring (bicyclic) bond motifs is 1. The highest BCUT2D eigenvalue weighted by Gasteiger charge is 2.21. The molecule has 1 unspecified atom stereocenters. The summed E-state index contributed by atoms with van der Waals surface area (Å²) in [5.41, 5.74) is 1.75. The minimum atomic E-state index is -0.331. The molecule has 1 atom stereocenters. The number of imidazole rings is 1.